The Morgan fingerprint density at radius 2 is 2.13 bits per heavy atom. The lowest BCUT2D eigenvalue weighted by Crippen LogP contribution is -2.05. The third-order valence-electron chi connectivity index (χ3n) is 2.90. The van der Waals surface area contributed by atoms with E-state index in [2.05, 4.69) is 0 Å². The predicted molar refractivity (Wildman–Crippen MR) is 59.5 cm³/mol. The molecule has 0 aliphatic carbocycles. The fourth-order valence-corrected chi connectivity index (χ4v) is 3.94. The molecule has 1 aliphatic heterocycles. The van der Waals surface area contributed by atoms with Crippen molar-refractivity contribution in [2.45, 2.75) is 30.7 Å². The minimum absolute atomic E-state index is 0.0502. The molecule has 2 rings (SSSR count). The summed E-state index contributed by atoms with van der Waals surface area (Å²) in [5, 5.41) is 0. The van der Waals surface area contributed by atoms with Gasteiger partial charge in [0.05, 0.1) is 10.6 Å². The van der Waals surface area contributed by atoms with Gasteiger partial charge in [-0.3, -0.25) is 0 Å². The van der Waals surface area contributed by atoms with Crippen molar-refractivity contribution in [3.05, 3.63) is 29.3 Å². The molecule has 82 valence electrons. The molecule has 0 radical (unpaired) electrons. The summed E-state index contributed by atoms with van der Waals surface area (Å²) >= 11 is 0. The molecule has 1 aromatic rings. The van der Waals surface area contributed by atoms with Crippen LogP contribution in [0.4, 0.5) is 0 Å². The first kappa shape index (κ1) is 10.6. The average molecular weight is 225 g/mol. The molecular formula is C11H15NO2S. The van der Waals surface area contributed by atoms with Crippen molar-refractivity contribution in [2.24, 2.45) is 5.73 Å². The van der Waals surface area contributed by atoms with Crippen LogP contribution in [0.1, 0.15) is 36.9 Å². The first-order chi connectivity index (χ1) is 6.92. The van der Waals surface area contributed by atoms with E-state index in [1.54, 1.807) is 12.1 Å². The summed E-state index contributed by atoms with van der Waals surface area (Å²) in [5.41, 5.74) is 7.69. The number of benzene rings is 1. The van der Waals surface area contributed by atoms with Gasteiger partial charge in [-0.05, 0) is 30.0 Å². The smallest absolute Gasteiger partial charge is 0.179 e. The number of hydrogen-bond donors (Lipinski definition) is 1. The van der Waals surface area contributed by atoms with Gasteiger partial charge in [0, 0.05) is 6.04 Å². The van der Waals surface area contributed by atoms with E-state index in [1.165, 1.54) is 0 Å². The van der Waals surface area contributed by atoms with E-state index in [0.29, 0.717) is 4.90 Å². The molecule has 0 fully saturated rings. The molecule has 2 N–H and O–H groups in total. The monoisotopic (exact) mass is 225 g/mol. The molecule has 0 spiro atoms. The topological polar surface area (TPSA) is 60.2 Å². The Morgan fingerprint density at radius 3 is 2.73 bits per heavy atom. The second-order valence-electron chi connectivity index (χ2n) is 4.27. The fourth-order valence-electron chi connectivity index (χ4n) is 2.03. The van der Waals surface area contributed by atoms with E-state index >= 15 is 0 Å². The van der Waals surface area contributed by atoms with Crippen molar-refractivity contribution < 1.29 is 8.42 Å². The Morgan fingerprint density at radius 1 is 1.47 bits per heavy atom. The third kappa shape index (κ3) is 1.68. The molecule has 15 heavy (non-hydrogen) atoms. The Kier molecular flexibility index (Phi) is 2.35. The molecule has 0 bridgehead atoms. The highest BCUT2D eigenvalue weighted by atomic mass is 32.2. The Balaban J connectivity index is 2.61. The van der Waals surface area contributed by atoms with Gasteiger partial charge in [-0.25, -0.2) is 8.42 Å². The van der Waals surface area contributed by atoms with Gasteiger partial charge in [-0.2, -0.15) is 0 Å². The zero-order valence-electron chi connectivity index (χ0n) is 8.90. The average Bonchev–Trinajstić information content (AvgIpc) is 2.37. The number of rotatable bonds is 1. The summed E-state index contributed by atoms with van der Waals surface area (Å²) in [6, 6.07) is 5.37. The van der Waals surface area contributed by atoms with Crippen LogP contribution in [-0.4, -0.2) is 14.2 Å². The summed E-state index contributed by atoms with van der Waals surface area (Å²) in [6.45, 7) is 3.84. The minimum atomic E-state index is -3.04. The van der Waals surface area contributed by atoms with Crippen molar-refractivity contribution in [2.75, 3.05) is 5.75 Å². The molecular weight excluding hydrogens is 210 g/mol. The largest absolute Gasteiger partial charge is 0.324 e. The van der Waals surface area contributed by atoms with Gasteiger partial charge in [0.25, 0.3) is 0 Å². The Labute approximate surface area is 90.2 Å². The molecule has 3 nitrogen and oxygen atoms in total. The summed E-state index contributed by atoms with van der Waals surface area (Å²) in [7, 11) is -3.04. The van der Waals surface area contributed by atoms with E-state index in [4.69, 9.17) is 5.73 Å². The van der Waals surface area contributed by atoms with Crippen molar-refractivity contribution in [3.8, 4) is 0 Å². The number of fused-ring (bicyclic) bond motifs is 1. The standard InChI is InChI=1S/C11H15NO2S/c1-7-6-15(13,14)11-4-3-9(8(2)12)5-10(7)11/h3-5,7-8H,6,12H2,1-2H3. The van der Waals surface area contributed by atoms with Crippen LogP contribution in [0.25, 0.3) is 0 Å². The van der Waals surface area contributed by atoms with Crippen LogP contribution < -0.4 is 5.73 Å². The molecule has 0 aromatic heterocycles. The van der Waals surface area contributed by atoms with Crippen LogP contribution in [0.3, 0.4) is 0 Å². The number of sulfone groups is 1. The SMILES string of the molecule is CC(N)c1ccc2c(c1)C(C)CS2(=O)=O. The molecule has 2 atom stereocenters. The Hall–Kier alpha value is -0.870. The summed E-state index contributed by atoms with van der Waals surface area (Å²) < 4.78 is 23.4. The van der Waals surface area contributed by atoms with Gasteiger partial charge in [-0.15, -0.1) is 0 Å². The van der Waals surface area contributed by atoms with E-state index < -0.39 is 9.84 Å². The van der Waals surface area contributed by atoms with Crippen LogP contribution in [-0.2, 0) is 9.84 Å². The van der Waals surface area contributed by atoms with Crippen LogP contribution in [0.2, 0.25) is 0 Å². The molecule has 2 unspecified atom stereocenters. The van der Waals surface area contributed by atoms with Crippen LogP contribution in [0, 0.1) is 0 Å². The first-order valence-corrected chi connectivity index (χ1v) is 6.69. The lowest BCUT2D eigenvalue weighted by molar-refractivity contribution is 0.598. The normalized spacial score (nSPS) is 24.9. The molecule has 1 aliphatic rings. The highest BCUT2D eigenvalue weighted by molar-refractivity contribution is 7.91. The zero-order chi connectivity index (χ0) is 11.2. The van der Waals surface area contributed by atoms with E-state index in [-0.39, 0.29) is 17.7 Å². The quantitative estimate of drug-likeness (QED) is 0.789. The minimum Gasteiger partial charge on any atom is -0.324 e. The van der Waals surface area contributed by atoms with Crippen molar-refractivity contribution in [1.29, 1.82) is 0 Å². The second kappa shape index (κ2) is 3.32. The first-order valence-electron chi connectivity index (χ1n) is 5.04. The molecule has 1 aromatic carbocycles. The summed E-state index contributed by atoms with van der Waals surface area (Å²) in [4.78, 5) is 0.486. The lowest BCUT2D eigenvalue weighted by atomic mass is 9.99. The van der Waals surface area contributed by atoms with Crippen molar-refractivity contribution in [1.82, 2.24) is 0 Å². The van der Waals surface area contributed by atoms with Crippen LogP contribution in [0.15, 0.2) is 23.1 Å². The maximum Gasteiger partial charge on any atom is 0.179 e. The number of nitrogens with two attached hydrogens (primary N) is 1. The molecule has 0 saturated heterocycles. The molecule has 1 heterocycles. The van der Waals surface area contributed by atoms with E-state index in [9.17, 15) is 8.42 Å². The molecule has 0 saturated carbocycles. The molecule has 0 amide bonds. The van der Waals surface area contributed by atoms with Crippen LogP contribution in [0.5, 0.6) is 0 Å². The van der Waals surface area contributed by atoms with Gasteiger partial charge in [0.1, 0.15) is 0 Å². The lowest BCUT2D eigenvalue weighted by Gasteiger charge is -2.09. The maximum absolute atomic E-state index is 11.7. The van der Waals surface area contributed by atoms with E-state index in [0.717, 1.165) is 11.1 Å². The predicted octanol–water partition coefficient (Wildman–Crippen LogP) is 1.60. The summed E-state index contributed by atoms with van der Waals surface area (Å²) in [6.07, 6.45) is 0. The summed E-state index contributed by atoms with van der Waals surface area (Å²) in [5.74, 6) is 0.314. The van der Waals surface area contributed by atoms with Gasteiger partial charge in [0.2, 0.25) is 0 Å². The number of hydrogen-bond acceptors (Lipinski definition) is 3. The zero-order valence-corrected chi connectivity index (χ0v) is 9.71. The maximum atomic E-state index is 11.7. The van der Waals surface area contributed by atoms with Gasteiger partial charge >= 0.3 is 0 Å². The van der Waals surface area contributed by atoms with Gasteiger partial charge in [0.15, 0.2) is 9.84 Å². The van der Waals surface area contributed by atoms with Crippen LogP contribution >= 0.6 is 0 Å². The van der Waals surface area contributed by atoms with Crippen molar-refractivity contribution >= 4 is 9.84 Å². The van der Waals surface area contributed by atoms with Gasteiger partial charge in [-0.1, -0.05) is 19.1 Å². The Bertz CT molecular complexity index is 491. The molecule has 4 heteroatoms. The van der Waals surface area contributed by atoms with E-state index in [1.807, 2.05) is 19.9 Å². The second-order valence-corrected chi connectivity index (χ2v) is 6.27. The van der Waals surface area contributed by atoms with Gasteiger partial charge < -0.3 is 5.73 Å². The highest BCUT2D eigenvalue weighted by Crippen LogP contribution is 2.35. The van der Waals surface area contributed by atoms with Crippen molar-refractivity contribution in [3.63, 3.8) is 0 Å². The third-order valence-corrected chi connectivity index (χ3v) is 4.88. The highest BCUT2D eigenvalue weighted by Gasteiger charge is 2.31. The fraction of sp³-hybridized carbons (Fsp3) is 0.455.